The molecule has 0 aliphatic rings. The van der Waals surface area contributed by atoms with Gasteiger partial charge in [0, 0.05) is 13.6 Å². The van der Waals surface area contributed by atoms with E-state index in [1.54, 1.807) is 7.11 Å². The molecule has 0 saturated heterocycles. The molecule has 0 fully saturated rings. The standard InChI is InChI=1S/C13H21NO3/c1-9-5-10(2)13(17-4)12(6-9)14(3)7-11(16)8-15/h5-6,11,15-16H,7-8H2,1-4H3. The molecule has 4 heteroatoms. The summed E-state index contributed by atoms with van der Waals surface area (Å²) in [7, 11) is 3.51. The predicted octanol–water partition coefficient (Wildman–Crippen LogP) is 1.10. The van der Waals surface area contributed by atoms with Crippen molar-refractivity contribution in [1.82, 2.24) is 0 Å². The average molecular weight is 239 g/mol. The topological polar surface area (TPSA) is 52.9 Å². The molecule has 1 aromatic carbocycles. The van der Waals surface area contributed by atoms with Crippen molar-refractivity contribution in [2.24, 2.45) is 0 Å². The van der Waals surface area contributed by atoms with Crippen molar-refractivity contribution in [3.8, 4) is 5.75 Å². The van der Waals surface area contributed by atoms with E-state index in [-0.39, 0.29) is 6.61 Å². The van der Waals surface area contributed by atoms with Crippen LogP contribution in [-0.2, 0) is 0 Å². The molecule has 0 aromatic heterocycles. The van der Waals surface area contributed by atoms with Gasteiger partial charge in [-0.15, -0.1) is 0 Å². The number of methoxy groups -OCH3 is 1. The fourth-order valence-electron chi connectivity index (χ4n) is 1.95. The number of ether oxygens (including phenoxy) is 1. The average Bonchev–Trinajstić information content (AvgIpc) is 2.27. The monoisotopic (exact) mass is 239 g/mol. The van der Waals surface area contributed by atoms with Gasteiger partial charge in [-0.25, -0.2) is 0 Å². The fraction of sp³-hybridized carbons (Fsp3) is 0.538. The van der Waals surface area contributed by atoms with E-state index in [2.05, 4.69) is 6.07 Å². The SMILES string of the molecule is COc1c(C)cc(C)cc1N(C)CC(O)CO. The zero-order chi connectivity index (χ0) is 13.0. The maximum atomic E-state index is 9.46. The highest BCUT2D eigenvalue weighted by Crippen LogP contribution is 2.32. The highest BCUT2D eigenvalue weighted by Gasteiger charge is 2.14. The maximum absolute atomic E-state index is 9.46. The third-order valence-corrected chi connectivity index (χ3v) is 2.71. The van der Waals surface area contributed by atoms with Crippen LogP contribution in [0, 0.1) is 13.8 Å². The lowest BCUT2D eigenvalue weighted by Gasteiger charge is -2.25. The summed E-state index contributed by atoms with van der Waals surface area (Å²) in [6.45, 7) is 4.14. The van der Waals surface area contributed by atoms with Gasteiger partial charge in [0.15, 0.2) is 0 Å². The normalized spacial score (nSPS) is 12.4. The van der Waals surface area contributed by atoms with E-state index >= 15 is 0 Å². The van der Waals surface area contributed by atoms with Crippen LogP contribution in [0.25, 0.3) is 0 Å². The molecule has 1 atom stereocenters. The first-order chi connectivity index (χ1) is 7.99. The van der Waals surface area contributed by atoms with Gasteiger partial charge in [-0.2, -0.15) is 0 Å². The molecule has 0 amide bonds. The number of aliphatic hydroxyl groups is 2. The molecular formula is C13H21NO3. The molecule has 0 heterocycles. The number of anilines is 1. The molecule has 0 aliphatic carbocycles. The van der Waals surface area contributed by atoms with Crippen LogP contribution in [0.1, 0.15) is 11.1 Å². The molecule has 4 nitrogen and oxygen atoms in total. The van der Waals surface area contributed by atoms with E-state index in [1.807, 2.05) is 31.9 Å². The molecule has 17 heavy (non-hydrogen) atoms. The minimum Gasteiger partial charge on any atom is -0.494 e. The van der Waals surface area contributed by atoms with Crippen LogP contribution in [0.3, 0.4) is 0 Å². The third kappa shape index (κ3) is 3.35. The number of aliphatic hydroxyl groups excluding tert-OH is 2. The van der Waals surface area contributed by atoms with E-state index < -0.39 is 6.10 Å². The van der Waals surface area contributed by atoms with Crippen molar-refractivity contribution < 1.29 is 14.9 Å². The first-order valence-electron chi connectivity index (χ1n) is 5.65. The summed E-state index contributed by atoms with van der Waals surface area (Å²) in [5, 5.41) is 18.3. The summed E-state index contributed by atoms with van der Waals surface area (Å²) in [5.74, 6) is 0.809. The molecule has 0 saturated carbocycles. The molecule has 2 N–H and O–H groups in total. The van der Waals surface area contributed by atoms with Gasteiger partial charge in [0.2, 0.25) is 0 Å². The minimum atomic E-state index is -0.745. The van der Waals surface area contributed by atoms with E-state index in [9.17, 15) is 5.11 Å². The molecule has 96 valence electrons. The first kappa shape index (κ1) is 13.8. The number of benzene rings is 1. The molecular weight excluding hydrogens is 218 g/mol. The van der Waals surface area contributed by atoms with Crippen molar-refractivity contribution in [2.75, 3.05) is 32.2 Å². The van der Waals surface area contributed by atoms with Gasteiger partial charge in [0.25, 0.3) is 0 Å². The van der Waals surface area contributed by atoms with Crippen LogP contribution in [0.5, 0.6) is 5.75 Å². The number of hydrogen-bond donors (Lipinski definition) is 2. The van der Waals surface area contributed by atoms with Crippen molar-refractivity contribution >= 4 is 5.69 Å². The Morgan fingerprint density at radius 1 is 1.35 bits per heavy atom. The molecule has 1 aromatic rings. The van der Waals surface area contributed by atoms with E-state index in [1.165, 1.54) is 0 Å². The van der Waals surface area contributed by atoms with Crippen LogP contribution in [0.15, 0.2) is 12.1 Å². The largest absolute Gasteiger partial charge is 0.494 e. The lowest BCUT2D eigenvalue weighted by atomic mass is 10.1. The van der Waals surface area contributed by atoms with Crippen molar-refractivity contribution in [1.29, 1.82) is 0 Å². The first-order valence-corrected chi connectivity index (χ1v) is 5.65. The Kier molecular flexibility index (Phi) is 4.78. The summed E-state index contributed by atoms with van der Waals surface area (Å²) < 4.78 is 5.38. The fourth-order valence-corrected chi connectivity index (χ4v) is 1.95. The number of hydrogen-bond acceptors (Lipinski definition) is 4. The predicted molar refractivity (Wildman–Crippen MR) is 68.8 cm³/mol. The molecule has 1 unspecified atom stereocenters. The Morgan fingerprint density at radius 2 is 2.00 bits per heavy atom. The van der Waals surface area contributed by atoms with Crippen LogP contribution < -0.4 is 9.64 Å². The van der Waals surface area contributed by atoms with Gasteiger partial charge in [0.1, 0.15) is 5.75 Å². The number of aryl methyl sites for hydroxylation is 2. The second kappa shape index (κ2) is 5.89. The second-order valence-corrected chi connectivity index (χ2v) is 4.35. The van der Waals surface area contributed by atoms with E-state index in [0.29, 0.717) is 6.54 Å². The van der Waals surface area contributed by atoms with Crippen molar-refractivity contribution in [3.05, 3.63) is 23.3 Å². The molecule has 1 rings (SSSR count). The summed E-state index contributed by atoms with van der Waals surface area (Å²) >= 11 is 0. The minimum absolute atomic E-state index is 0.239. The van der Waals surface area contributed by atoms with Crippen LogP contribution >= 0.6 is 0 Å². The van der Waals surface area contributed by atoms with Gasteiger partial charge >= 0.3 is 0 Å². The number of likely N-dealkylation sites (N-methyl/N-ethyl adjacent to an activating group) is 1. The smallest absolute Gasteiger partial charge is 0.145 e. The quantitative estimate of drug-likeness (QED) is 0.808. The Balaban J connectivity index is 3.02. The van der Waals surface area contributed by atoms with Crippen molar-refractivity contribution in [3.63, 3.8) is 0 Å². The summed E-state index contributed by atoms with van der Waals surface area (Å²) in [4.78, 5) is 1.89. The molecule has 0 spiro atoms. The third-order valence-electron chi connectivity index (χ3n) is 2.71. The lowest BCUT2D eigenvalue weighted by molar-refractivity contribution is 0.101. The van der Waals surface area contributed by atoms with Gasteiger partial charge in [0.05, 0.1) is 25.5 Å². The zero-order valence-electron chi connectivity index (χ0n) is 10.9. The Labute approximate surface area is 102 Å². The lowest BCUT2D eigenvalue weighted by Crippen LogP contribution is -2.31. The second-order valence-electron chi connectivity index (χ2n) is 4.35. The summed E-state index contributed by atoms with van der Waals surface area (Å²) in [6.07, 6.45) is -0.745. The Bertz CT molecular complexity index is 379. The highest BCUT2D eigenvalue weighted by molar-refractivity contribution is 5.63. The zero-order valence-corrected chi connectivity index (χ0v) is 10.9. The Hall–Kier alpha value is -1.26. The van der Waals surface area contributed by atoms with E-state index in [0.717, 1.165) is 22.6 Å². The van der Waals surface area contributed by atoms with Crippen LogP contribution in [0.2, 0.25) is 0 Å². The summed E-state index contributed by atoms with van der Waals surface area (Å²) in [6, 6.07) is 4.06. The summed E-state index contributed by atoms with van der Waals surface area (Å²) in [5.41, 5.74) is 3.13. The maximum Gasteiger partial charge on any atom is 0.145 e. The highest BCUT2D eigenvalue weighted by atomic mass is 16.5. The van der Waals surface area contributed by atoms with Crippen molar-refractivity contribution in [2.45, 2.75) is 20.0 Å². The van der Waals surface area contributed by atoms with Crippen LogP contribution in [-0.4, -0.2) is 43.6 Å². The number of rotatable bonds is 5. The Morgan fingerprint density at radius 3 is 2.53 bits per heavy atom. The molecule has 0 radical (unpaired) electrons. The van der Waals surface area contributed by atoms with Gasteiger partial charge in [-0.1, -0.05) is 6.07 Å². The van der Waals surface area contributed by atoms with E-state index in [4.69, 9.17) is 9.84 Å². The van der Waals surface area contributed by atoms with Gasteiger partial charge in [-0.3, -0.25) is 0 Å². The van der Waals surface area contributed by atoms with Gasteiger partial charge in [-0.05, 0) is 31.0 Å². The number of nitrogens with zero attached hydrogens (tertiary/aromatic N) is 1. The van der Waals surface area contributed by atoms with Crippen LogP contribution in [0.4, 0.5) is 5.69 Å². The van der Waals surface area contributed by atoms with Gasteiger partial charge < -0.3 is 19.8 Å². The molecule has 0 bridgehead atoms. The molecule has 0 aliphatic heterocycles.